The largest absolute Gasteiger partial charge is 0.348 e. The molecule has 3 aromatic rings. The molecular formula is C20H18FN3O. The number of aromatic nitrogens is 2. The number of nitrogens with one attached hydrogen (secondary N) is 1. The first-order valence-electron chi connectivity index (χ1n) is 8.33. The van der Waals surface area contributed by atoms with Crippen LogP contribution in [0.4, 0.5) is 4.39 Å². The molecule has 1 amide bonds. The minimum absolute atomic E-state index is 0.0223. The van der Waals surface area contributed by atoms with Crippen molar-refractivity contribution < 1.29 is 9.18 Å². The van der Waals surface area contributed by atoms with Crippen LogP contribution in [0.3, 0.4) is 0 Å². The van der Waals surface area contributed by atoms with E-state index in [9.17, 15) is 9.18 Å². The lowest BCUT2D eigenvalue weighted by molar-refractivity contribution is -0.132. The quantitative estimate of drug-likeness (QED) is 0.799. The van der Waals surface area contributed by atoms with E-state index in [0.717, 1.165) is 28.9 Å². The normalized spacial score (nSPS) is 16.5. The molecule has 1 aliphatic heterocycles. The zero-order valence-electron chi connectivity index (χ0n) is 13.7. The van der Waals surface area contributed by atoms with Crippen LogP contribution >= 0.6 is 0 Å². The van der Waals surface area contributed by atoms with Gasteiger partial charge in [-0.1, -0.05) is 42.5 Å². The molecule has 4 rings (SSSR count). The second kappa shape index (κ2) is 6.51. The molecule has 1 unspecified atom stereocenters. The second-order valence-corrected chi connectivity index (χ2v) is 6.22. The van der Waals surface area contributed by atoms with E-state index in [2.05, 4.69) is 9.97 Å². The number of fused-ring (bicyclic) bond motifs is 1. The highest BCUT2D eigenvalue weighted by molar-refractivity contribution is 5.80. The third-order valence-corrected chi connectivity index (χ3v) is 4.63. The Morgan fingerprint density at radius 3 is 2.68 bits per heavy atom. The van der Waals surface area contributed by atoms with Gasteiger partial charge < -0.3 is 9.88 Å². The first-order chi connectivity index (χ1) is 12.2. The van der Waals surface area contributed by atoms with Crippen LogP contribution in [0.2, 0.25) is 0 Å². The molecule has 4 nitrogen and oxygen atoms in total. The molecule has 0 spiro atoms. The highest BCUT2D eigenvalue weighted by Crippen LogP contribution is 2.33. The van der Waals surface area contributed by atoms with E-state index < -0.39 is 0 Å². The number of carbonyl (C=O) groups is 1. The van der Waals surface area contributed by atoms with Gasteiger partial charge in [0, 0.05) is 18.7 Å². The highest BCUT2D eigenvalue weighted by Gasteiger charge is 2.33. The van der Waals surface area contributed by atoms with Crippen molar-refractivity contribution in [2.45, 2.75) is 18.9 Å². The summed E-state index contributed by atoms with van der Waals surface area (Å²) in [6.07, 6.45) is 2.70. The molecule has 126 valence electrons. The average molecular weight is 335 g/mol. The molecule has 0 radical (unpaired) electrons. The Balaban J connectivity index is 1.65. The number of imidazole rings is 1. The van der Waals surface area contributed by atoms with Crippen molar-refractivity contribution in [2.24, 2.45) is 0 Å². The molecule has 25 heavy (non-hydrogen) atoms. The predicted molar refractivity (Wildman–Crippen MR) is 92.4 cm³/mol. The molecule has 0 bridgehead atoms. The minimum atomic E-state index is -0.294. The summed E-state index contributed by atoms with van der Waals surface area (Å²) in [5.74, 6) is -0.272. The number of H-pyrrole nitrogens is 1. The Morgan fingerprint density at radius 2 is 1.92 bits per heavy atom. The van der Waals surface area contributed by atoms with E-state index in [1.807, 2.05) is 35.2 Å². The lowest BCUT2D eigenvalue weighted by atomic mass is 9.95. The molecule has 1 aliphatic rings. The first kappa shape index (κ1) is 15.6. The molecule has 0 saturated carbocycles. The van der Waals surface area contributed by atoms with Gasteiger partial charge in [-0.05, 0) is 23.3 Å². The summed E-state index contributed by atoms with van der Waals surface area (Å²) in [5.41, 5.74) is 3.85. The number of amides is 1. The van der Waals surface area contributed by atoms with E-state index in [1.165, 1.54) is 12.1 Å². The lowest BCUT2D eigenvalue weighted by Gasteiger charge is -2.35. The summed E-state index contributed by atoms with van der Waals surface area (Å²) in [6, 6.07) is 15.9. The summed E-state index contributed by atoms with van der Waals surface area (Å²) >= 11 is 0. The molecule has 2 heterocycles. The van der Waals surface area contributed by atoms with E-state index in [0.29, 0.717) is 6.54 Å². The van der Waals surface area contributed by atoms with Gasteiger partial charge in [0.2, 0.25) is 5.91 Å². The van der Waals surface area contributed by atoms with Crippen molar-refractivity contribution in [1.29, 1.82) is 0 Å². The van der Waals surface area contributed by atoms with Crippen LogP contribution in [-0.4, -0.2) is 27.3 Å². The van der Waals surface area contributed by atoms with Gasteiger partial charge >= 0.3 is 0 Å². The monoisotopic (exact) mass is 335 g/mol. The number of hydrogen-bond donors (Lipinski definition) is 1. The molecule has 2 aromatic carbocycles. The third-order valence-electron chi connectivity index (χ3n) is 4.63. The van der Waals surface area contributed by atoms with Crippen LogP contribution < -0.4 is 0 Å². The van der Waals surface area contributed by atoms with Crippen LogP contribution in [0, 0.1) is 5.82 Å². The maximum Gasteiger partial charge on any atom is 0.227 e. The van der Waals surface area contributed by atoms with E-state index in [1.54, 1.807) is 18.5 Å². The standard InChI is InChI=1S/C20H18FN3O/c21-16-8-6-14(7-9-16)12-18(25)24-11-10-17-19(23-13-22-17)20(24)15-4-2-1-3-5-15/h1-9,13,20H,10-12H2,(H,22,23). The summed E-state index contributed by atoms with van der Waals surface area (Å²) in [7, 11) is 0. The molecule has 0 saturated heterocycles. The Labute approximate surface area is 145 Å². The maximum absolute atomic E-state index is 13.1. The Morgan fingerprint density at radius 1 is 1.16 bits per heavy atom. The summed E-state index contributed by atoms with van der Waals surface area (Å²) in [5, 5.41) is 0. The number of hydrogen-bond acceptors (Lipinski definition) is 2. The average Bonchev–Trinajstić information content (AvgIpc) is 3.12. The minimum Gasteiger partial charge on any atom is -0.348 e. The zero-order chi connectivity index (χ0) is 17.2. The molecule has 1 N–H and O–H groups in total. The van der Waals surface area contributed by atoms with Crippen molar-refractivity contribution in [3.63, 3.8) is 0 Å². The maximum atomic E-state index is 13.1. The number of carbonyl (C=O) groups excluding carboxylic acids is 1. The Bertz CT molecular complexity index is 873. The van der Waals surface area contributed by atoms with Crippen LogP contribution in [0.1, 0.15) is 28.6 Å². The van der Waals surface area contributed by atoms with E-state index >= 15 is 0 Å². The third kappa shape index (κ3) is 3.05. The predicted octanol–water partition coefficient (Wildman–Crippen LogP) is 3.27. The topological polar surface area (TPSA) is 49.0 Å². The van der Waals surface area contributed by atoms with Gasteiger partial charge in [-0.2, -0.15) is 0 Å². The molecule has 1 aromatic heterocycles. The van der Waals surface area contributed by atoms with Gasteiger partial charge in [0.25, 0.3) is 0 Å². The first-order valence-corrected chi connectivity index (χ1v) is 8.33. The van der Waals surface area contributed by atoms with Gasteiger partial charge in [0.05, 0.1) is 18.4 Å². The molecular weight excluding hydrogens is 317 g/mol. The second-order valence-electron chi connectivity index (χ2n) is 6.22. The van der Waals surface area contributed by atoms with Gasteiger partial charge in [0.15, 0.2) is 0 Å². The Hall–Kier alpha value is -2.95. The number of aromatic amines is 1. The fourth-order valence-electron chi connectivity index (χ4n) is 3.40. The van der Waals surface area contributed by atoms with Gasteiger partial charge in [0.1, 0.15) is 11.9 Å². The smallest absolute Gasteiger partial charge is 0.227 e. The van der Waals surface area contributed by atoms with Crippen molar-refractivity contribution in [1.82, 2.24) is 14.9 Å². The zero-order valence-corrected chi connectivity index (χ0v) is 13.7. The summed E-state index contributed by atoms with van der Waals surface area (Å²) < 4.78 is 13.1. The Kier molecular flexibility index (Phi) is 4.06. The van der Waals surface area contributed by atoms with Crippen molar-refractivity contribution >= 4 is 5.91 Å². The van der Waals surface area contributed by atoms with Gasteiger partial charge in [-0.3, -0.25) is 4.79 Å². The SMILES string of the molecule is O=C(Cc1ccc(F)cc1)N1CCc2[nH]cnc2C1c1ccccc1. The fourth-order valence-corrected chi connectivity index (χ4v) is 3.40. The van der Waals surface area contributed by atoms with Crippen LogP contribution in [-0.2, 0) is 17.6 Å². The fraction of sp³-hybridized carbons (Fsp3) is 0.200. The van der Waals surface area contributed by atoms with E-state index in [4.69, 9.17) is 0 Å². The van der Waals surface area contributed by atoms with E-state index in [-0.39, 0.29) is 24.2 Å². The molecule has 1 atom stereocenters. The molecule has 0 fully saturated rings. The molecule has 0 aliphatic carbocycles. The summed E-state index contributed by atoms with van der Waals surface area (Å²) in [6.45, 7) is 0.634. The number of rotatable bonds is 3. The highest BCUT2D eigenvalue weighted by atomic mass is 19.1. The molecule has 5 heteroatoms. The van der Waals surface area contributed by atoms with Gasteiger partial charge in [-0.15, -0.1) is 0 Å². The van der Waals surface area contributed by atoms with Gasteiger partial charge in [-0.25, -0.2) is 9.37 Å². The van der Waals surface area contributed by atoms with Crippen LogP contribution in [0.15, 0.2) is 60.9 Å². The van der Waals surface area contributed by atoms with Crippen LogP contribution in [0.5, 0.6) is 0 Å². The lowest BCUT2D eigenvalue weighted by Crippen LogP contribution is -2.41. The number of nitrogens with zero attached hydrogens (tertiary/aromatic N) is 2. The number of benzene rings is 2. The number of halogens is 1. The summed E-state index contributed by atoms with van der Waals surface area (Å²) in [4.78, 5) is 22.5. The van der Waals surface area contributed by atoms with Crippen molar-refractivity contribution in [3.8, 4) is 0 Å². The van der Waals surface area contributed by atoms with Crippen LogP contribution in [0.25, 0.3) is 0 Å². The van der Waals surface area contributed by atoms with Crippen molar-refractivity contribution in [2.75, 3.05) is 6.54 Å². The van der Waals surface area contributed by atoms with Crippen molar-refractivity contribution in [3.05, 3.63) is 89.3 Å².